The van der Waals surface area contributed by atoms with Crippen molar-refractivity contribution in [3.8, 4) is 0 Å². The van der Waals surface area contributed by atoms with Gasteiger partial charge in [-0.2, -0.15) is 0 Å². The number of benzene rings is 3. The molecule has 22 heavy (non-hydrogen) atoms. The van der Waals surface area contributed by atoms with Crippen molar-refractivity contribution in [2.45, 2.75) is 0 Å². The molecule has 0 saturated heterocycles. The van der Waals surface area contributed by atoms with E-state index in [0.717, 1.165) is 16.7 Å². The second kappa shape index (κ2) is 6.68. The van der Waals surface area contributed by atoms with Crippen LogP contribution in [0, 0.1) is 0 Å². The van der Waals surface area contributed by atoms with Crippen molar-refractivity contribution in [2.24, 2.45) is 0 Å². The molecule has 0 aliphatic heterocycles. The zero-order chi connectivity index (χ0) is 15.2. The van der Waals surface area contributed by atoms with Crippen LogP contribution >= 0.6 is 0 Å². The Balaban J connectivity index is 1.76. The molecule has 0 fully saturated rings. The first-order chi connectivity index (χ1) is 10.8. The third-order valence-electron chi connectivity index (χ3n) is 3.48. The summed E-state index contributed by atoms with van der Waals surface area (Å²) >= 11 is 0. The number of hydrogen-bond acceptors (Lipinski definition) is 1. The molecule has 0 amide bonds. The Hall–Kier alpha value is -2.93. The van der Waals surface area contributed by atoms with Crippen molar-refractivity contribution in [1.29, 1.82) is 0 Å². The summed E-state index contributed by atoms with van der Waals surface area (Å²) in [5, 5.41) is 0. The first-order valence-electron chi connectivity index (χ1n) is 7.26. The zero-order valence-electron chi connectivity index (χ0n) is 12.1. The maximum Gasteiger partial charge on any atom is 0.193 e. The third-order valence-corrected chi connectivity index (χ3v) is 3.48. The summed E-state index contributed by atoms with van der Waals surface area (Å²) in [6, 6.07) is 27.2. The molecule has 3 aromatic carbocycles. The highest BCUT2D eigenvalue weighted by molar-refractivity contribution is 6.09. The minimum absolute atomic E-state index is 0.0548. The van der Waals surface area contributed by atoms with Crippen LogP contribution in [0.5, 0.6) is 0 Å². The SMILES string of the molecule is O=C(c1ccccc1)c1ccc(/C=C/c2ccccc2)cc1. The highest BCUT2D eigenvalue weighted by atomic mass is 16.1. The molecule has 0 aromatic heterocycles. The Morgan fingerprint density at radius 2 is 1.00 bits per heavy atom. The Morgan fingerprint density at radius 1 is 0.545 bits per heavy atom. The van der Waals surface area contributed by atoms with Crippen LogP contribution in [0.15, 0.2) is 84.9 Å². The van der Waals surface area contributed by atoms with E-state index in [4.69, 9.17) is 0 Å². The average molecular weight is 284 g/mol. The lowest BCUT2D eigenvalue weighted by molar-refractivity contribution is 0.103. The first-order valence-corrected chi connectivity index (χ1v) is 7.26. The van der Waals surface area contributed by atoms with Crippen LogP contribution in [0.25, 0.3) is 12.2 Å². The fourth-order valence-corrected chi connectivity index (χ4v) is 2.26. The second-order valence-electron chi connectivity index (χ2n) is 5.06. The van der Waals surface area contributed by atoms with Gasteiger partial charge in [0.15, 0.2) is 5.78 Å². The van der Waals surface area contributed by atoms with Gasteiger partial charge in [0, 0.05) is 11.1 Å². The second-order valence-corrected chi connectivity index (χ2v) is 5.06. The highest BCUT2D eigenvalue weighted by Crippen LogP contribution is 2.13. The van der Waals surface area contributed by atoms with E-state index in [2.05, 4.69) is 18.2 Å². The largest absolute Gasteiger partial charge is 0.289 e. The normalized spacial score (nSPS) is 10.7. The molecule has 0 spiro atoms. The molecule has 0 radical (unpaired) electrons. The predicted octanol–water partition coefficient (Wildman–Crippen LogP) is 5.09. The predicted molar refractivity (Wildman–Crippen MR) is 91.7 cm³/mol. The summed E-state index contributed by atoms with van der Waals surface area (Å²) in [4.78, 5) is 12.3. The number of hydrogen-bond donors (Lipinski definition) is 0. The van der Waals surface area contributed by atoms with Crippen molar-refractivity contribution in [3.63, 3.8) is 0 Å². The molecule has 1 nitrogen and oxygen atoms in total. The number of ketones is 1. The summed E-state index contributed by atoms with van der Waals surface area (Å²) in [7, 11) is 0. The van der Waals surface area contributed by atoms with Crippen LogP contribution in [-0.2, 0) is 0 Å². The van der Waals surface area contributed by atoms with Crippen molar-refractivity contribution < 1.29 is 4.79 Å². The Kier molecular flexibility index (Phi) is 4.26. The molecular formula is C21H16O. The van der Waals surface area contributed by atoms with Crippen LogP contribution < -0.4 is 0 Å². The number of rotatable bonds is 4. The molecule has 3 aromatic rings. The molecule has 3 rings (SSSR count). The monoisotopic (exact) mass is 284 g/mol. The maximum absolute atomic E-state index is 12.3. The molecule has 106 valence electrons. The van der Waals surface area contributed by atoms with E-state index in [1.807, 2.05) is 78.9 Å². The molecule has 0 aliphatic rings. The van der Waals surface area contributed by atoms with Gasteiger partial charge in [0.2, 0.25) is 0 Å². The van der Waals surface area contributed by atoms with Crippen LogP contribution in [-0.4, -0.2) is 5.78 Å². The lowest BCUT2D eigenvalue weighted by Crippen LogP contribution is -2.00. The zero-order valence-corrected chi connectivity index (χ0v) is 12.1. The molecule has 0 unspecified atom stereocenters. The lowest BCUT2D eigenvalue weighted by atomic mass is 10.0. The van der Waals surface area contributed by atoms with Gasteiger partial charge in [0.1, 0.15) is 0 Å². The van der Waals surface area contributed by atoms with Gasteiger partial charge in [-0.1, -0.05) is 97.1 Å². The summed E-state index contributed by atoms with van der Waals surface area (Å²) < 4.78 is 0. The van der Waals surface area contributed by atoms with E-state index in [1.165, 1.54) is 0 Å². The van der Waals surface area contributed by atoms with E-state index in [0.29, 0.717) is 5.56 Å². The highest BCUT2D eigenvalue weighted by Gasteiger charge is 2.07. The molecular weight excluding hydrogens is 268 g/mol. The molecule has 0 heterocycles. The van der Waals surface area contributed by atoms with Crippen LogP contribution in [0.2, 0.25) is 0 Å². The molecule has 0 N–H and O–H groups in total. The third kappa shape index (κ3) is 3.39. The van der Waals surface area contributed by atoms with E-state index in [1.54, 1.807) is 0 Å². The van der Waals surface area contributed by atoms with E-state index in [9.17, 15) is 4.79 Å². The first kappa shape index (κ1) is 14.0. The summed E-state index contributed by atoms with van der Waals surface area (Å²) in [6.45, 7) is 0. The smallest absolute Gasteiger partial charge is 0.193 e. The average Bonchev–Trinajstić information content (AvgIpc) is 2.61. The summed E-state index contributed by atoms with van der Waals surface area (Å²) in [6.07, 6.45) is 4.11. The fraction of sp³-hybridized carbons (Fsp3) is 0. The van der Waals surface area contributed by atoms with Gasteiger partial charge in [0.05, 0.1) is 0 Å². The van der Waals surface area contributed by atoms with Gasteiger partial charge in [-0.25, -0.2) is 0 Å². The van der Waals surface area contributed by atoms with Crippen molar-refractivity contribution in [3.05, 3.63) is 107 Å². The molecule has 0 bridgehead atoms. The van der Waals surface area contributed by atoms with Gasteiger partial charge in [0.25, 0.3) is 0 Å². The van der Waals surface area contributed by atoms with Gasteiger partial charge in [-0.05, 0) is 11.1 Å². The molecule has 1 heteroatoms. The van der Waals surface area contributed by atoms with Gasteiger partial charge in [-0.3, -0.25) is 4.79 Å². The van der Waals surface area contributed by atoms with E-state index < -0.39 is 0 Å². The van der Waals surface area contributed by atoms with Gasteiger partial charge < -0.3 is 0 Å². The van der Waals surface area contributed by atoms with Gasteiger partial charge >= 0.3 is 0 Å². The molecule has 0 aliphatic carbocycles. The van der Waals surface area contributed by atoms with Crippen molar-refractivity contribution in [1.82, 2.24) is 0 Å². The number of carbonyl (C=O) groups is 1. The van der Waals surface area contributed by atoms with E-state index >= 15 is 0 Å². The minimum atomic E-state index is 0.0548. The van der Waals surface area contributed by atoms with Crippen molar-refractivity contribution >= 4 is 17.9 Å². The standard InChI is InChI=1S/C21H16O/c22-21(19-9-5-2-6-10-19)20-15-13-18(14-16-20)12-11-17-7-3-1-4-8-17/h1-16H/b12-11+. The minimum Gasteiger partial charge on any atom is -0.289 e. The summed E-state index contributed by atoms with van der Waals surface area (Å²) in [5.41, 5.74) is 3.67. The van der Waals surface area contributed by atoms with Crippen LogP contribution in [0.1, 0.15) is 27.0 Å². The fourth-order valence-electron chi connectivity index (χ4n) is 2.26. The van der Waals surface area contributed by atoms with Crippen LogP contribution in [0.4, 0.5) is 0 Å². The summed E-state index contributed by atoms with van der Waals surface area (Å²) in [5.74, 6) is 0.0548. The van der Waals surface area contributed by atoms with Crippen LogP contribution in [0.3, 0.4) is 0 Å². The topological polar surface area (TPSA) is 17.1 Å². The maximum atomic E-state index is 12.3. The van der Waals surface area contributed by atoms with E-state index in [-0.39, 0.29) is 5.78 Å². The number of carbonyl (C=O) groups excluding carboxylic acids is 1. The lowest BCUT2D eigenvalue weighted by Gasteiger charge is -2.01. The van der Waals surface area contributed by atoms with Crippen molar-refractivity contribution in [2.75, 3.05) is 0 Å². The molecule has 0 saturated carbocycles. The quantitative estimate of drug-likeness (QED) is 0.482. The molecule has 0 atom stereocenters. The Labute approximate surface area is 130 Å². The van der Waals surface area contributed by atoms with Gasteiger partial charge in [-0.15, -0.1) is 0 Å². The Bertz CT molecular complexity index is 769. The Morgan fingerprint density at radius 3 is 1.59 bits per heavy atom.